The molecule has 0 aliphatic rings. The van der Waals surface area contributed by atoms with Crippen LogP contribution < -0.4 is 4.72 Å². The molecular formula is C17H14BrN3O4S. The van der Waals surface area contributed by atoms with Crippen LogP contribution >= 0.6 is 15.9 Å². The molecule has 2 aromatic carbocycles. The van der Waals surface area contributed by atoms with Gasteiger partial charge in [0.1, 0.15) is 0 Å². The Labute approximate surface area is 158 Å². The van der Waals surface area contributed by atoms with E-state index >= 15 is 0 Å². The average molecular weight is 436 g/mol. The van der Waals surface area contributed by atoms with Crippen LogP contribution in [-0.2, 0) is 10.0 Å². The van der Waals surface area contributed by atoms with Crippen molar-refractivity contribution in [1.82, 2.24) is 9.78 Å². The minimum absolute atomic E-state index is 0.125. The fourth-order valence-corrected chi connectivity index (χ4v) is 3.73. The number of aryl methyl sites for hydroxylation is 1. The Kier molecular flexibility index (Phi) is 4.84. The molecule has 1 heterocycles. The van der Waals surface area contributed by atoms with Gasteiger partial charge in [0, 0.05) is 10.7 Å². The van der Waals surface area contributed by atoms with Crippen molar-refractivity contribution in [2.45, 2.75) is 11.8 Å². The lowest BCUT2D eigenvalue weighted by molar-refractivity contribution is 0.0690. The monoisotopic (exact) mass is 435 g/mol. The number of rotatable bonds is 5. The first-order valence-electron chi connectivity index (χ1n) is 7.45. The second-order valence-corrected chi connectivity index (χ2v) is 8.02. The summed E-state index contributed by atoms with van der Waals surface area (Å²) >= 11 is 3.34. The summed E-state index contributed by atoms with van der Waals surface area (Å²) in [7, 11) is -3.82. The molecule has 0 fully saturated rings. The molecule has 0 spiro atoms. The third-order valence-corrected chi connectivity index (χ3v) is 5.90. The number of carboxylic acid groups (broad SMARTS) is 1. The van der Waals surface area contributed by atoms with Gasteiger partial charge < -0.3 is 5.11 Å². The number of anilines is 1. The Morgan fingerprint density at radius 3 is 2.58 bits per heavy atom. The van der Waals surface area contributed by atoms with Gasteiger partial charge in [0.25, 0.3) is 10.0 Å². The molecule has 0 bridgehead atoms. The number of carbonyl (C=O) groups is 1. The molecule has 0 atom stereocenters. The standard InChI is InChI=1S/C17H14BrN3O4S/c1-11-10-12(6-7-13(11)18)26(24,25)20-14-4-2-3-5-16(14)21-9-8-15(19-21)17(22)23/h2-10,20H,1H3,(H,22,23). The van der Waals surface area contributed by atoms with Crippen molar-refractivity contribution in [2.75, 3.05) is 4.72 Å². The minimum atomic E-state index is -3.82. The van der Waals surface area contributed by atoms with Gasteiger partial charge in [-0.2, -0.15) is 5.10 Å². The first kappa shape index (κ1) is 18.2. The van der Waals surface area contributed by atoms with E-state index in [0.29, 0.717) is 5.69 Å². The SMILES string of the molecule is Cc1cc(S(=O)(=O)Nc2ccccc2-n2ccc(C(=O)O)n2)ccc1Br. The van der Waals surface area contributed by atoms with Crippen molar-refractivity contribution in [3.8, 4) is 5.69 Å². The Bertz CT molecular complexity index is 1090. The maximum atomic E-state index is 12.7. The summed E-state index contributed by atoms with van der Waals surface area (Å²) in [6, 6.07) is 12.7. The third kappa shape index (κ3) is 3.63. The Morgan fingerprint density at radius 2 is 1.92 bits per heavy atom. The lowest BCUT2D eigenvalue weighted by atomic mass is 10.2. The van der Waals surface area contributed by atoms with E-state index in [0.717, 1.165) is 10.0 Å². The van der Waals surface area contributed by atoms with Crippen LogP contribution in [0.4, 0.5) is 5.69 Å². The lowest BCUT2D eigenvalue weighted by Gasteiger charge is -2.13. The van der Waals surface area contributed by atoms with Gasteiger partial charge in [-0.15, -0.1) is 0 Å². The molecule has 0 aliphatic carbocycles. The number of hydrogen-bond acceptors (Lipinski definition) is 4. The molecule has 0 aliphatic heterocycles. The summed E-state index contributed by atoms with van der Waals surface area (Å²) in [5, 5.41) is 13.0. The second kappa shape index (κ2) is 6.93. The molecule has 3 rings (SSSR count). The van der Waals surface area contributed by atoms with Crippen molar-refractivity contribution in [2.24, 2.45) is 0 Å². The van der Waals surface area contributed by atoms with Crippen LogP contribution in [0, 0.1) is 6.92 Å². The first-order chi connectivity index (χ1) is 12.3. The van der Waals surface area contributed by atoms with Crippen LogP contribution in [0.5, 0.6) is 0 Å². The molecular weight excluding hydrogens is 422 g/mol. The fourth-order valence-electron chi connectivity index (χ4n) is 2.32. The molecule has 26 heavy (non-hydrogen) atoms. The topological polar surface area (TPSA) is 101 Å². The average Bonchev–Trinajstić information content (AvgIpc) is 3.07. The molecule has 1 aromatic heterocycles. The molecule has 0 amide bonds. The highest BCUT2D eigenvalue weighted by Crippen LogP contribution is 2.25. The summed E-state index contributed by atoms with van der Waals surface area (Å²) in [6.07, 6.45) is 1.46. The van der Waals surface area contributed by atoms with E-state index in [2.05, 4.69) is 25.8 Å². The Balaban J connectivity index is 1.99. The van der Waals surface area contributed by atoms with Crippen LogP contribution in [-0.4, -0.2) is 29.3 Å². The molecule has 0 saturated carbocycles. The minimum Gasteiger partial charge on any atom is -0.476 e. The number of halogens is 1. The van der Waals surface area contributed by atoms with Gasteiger partial charge in [0.2, 0.25) is 0 Å². The van der Waals surface area contributed by atoms with Gasteiger partial charge in [0.15, 0.2) is 5.69 Å². The number of sulfonamides is 1. The molecule has 134 valence electrons. The predicted octanol–water partition coefficient (Wildman–Crippen LogP) is 3.44. The van der Waals surface area contributed by atoms with E-state index in [1.807, 2.05) is 0 Å². The van der Waals surface area contributed by atoms with Crippen LogP contribution in [0.15, 0.2) is 64.1 Å². The van der Waals surface area contributed by atoms with Crippen molar-refractivity contribution in [1.29, 1.82) is 0 Å². The molecule has 7 nitrogen and oxygen atoms in total. The van der Waals surface area contributed by atoms with Gasteiger partial charge in [-0.1, -0.05) is 28.1 Å². The Hall–Kier alpha value is -2.65. The van der Waals surface area contributed by atoms with Crippen LogP contribution in [0.25, 0.3) is 5.69 Å². The van der Waals surface area contributed by atoms with Gasteiger partial charge >= 0.3 is 5.97 Å². The highest BCUT2D eigenvalue weighted by atomic mass is 79.9. The molecule has 0 radical (unpaired) electrons. The van der Waals surface area contributed by atoms with Crippen LogP contribution in [0.2, 0.25) is 0 Å². The molecule has 0 unspecified atom stereocenters. The van der Waals surface area contributed by atoms with Crippen molar-refractivity contribution in [3.63, 3.8) is 0 Å². The number of aromatic nitrogens is 2. The van der Waals surface area contributed by atoms with Gasteiger partial charge in [-0.05, 0) is 48.9 Å². The van der Waals surface area contributed by atoms with Crippen LogP contribution in [0.1, 0.15) is 16.1 Å². The molecule has 0 saturated heterocycles. The number of nitrogens with zero attached hydrogens (tertiary/aromatic N) is 2. The number of hydrogen-bond donors (Lipinski definition) is 2. The maximum absolute atomic E-state index is 12.7. The maximum Gasteiger partial charge on any atom is 0.356 e. The van der Waals surface area contributed by atoms with E-state index in [1.165, 1.54) is 23.0 Å². The summed E-state index contributed by atoms with van der Waals surface area (Å²) in [4.78, 5) is 11.1. The molecule has 2 N–H and O–H groups in total. The summed E-state index contributed by atoms with van der Waals surface area (Å²) in [6.45, 7) is 1.80. The highest BCUT2D eigenvalue weighted by molar-refractivity contribution is 9.10. The molecule has 9 heteroatoms. The Morgan fingerprint density at radius 1 is 1.19 bits per heavy atom. The van der Waals surface area contributed by atoms with Crippen molar-refractivity contribution in [3.05, 3.63) is 70.5 Å². The largest absolute Gasteiger partial charge is 0.476 e. The van der Waals surface area contributed by atoms with Crippen LogP contribution in [0.3, 0.4) is 0 Å². The fraction of sp³-hybridized carbons (Fsp3) is 0.0588. The van der Waals surface area contributed by atoms with E-state index in [-0.39, 0.29) is 16.3 Å². The predicted molar refractivity (Wildman–Crippen MR) is 100 cm³/mol. The van der Waals surface area contributed by atoms with E-state index < -0.39 is 16.0 Å². The smallest absolute Gasteiger partial charge is 0.356 e. The number of benzene rings is 2. The summed E-state index contributed by atoms with van der Waals surface area (Å²) in [5.41, 5.74) is 1.36. The number of nitrogens with one attached hydrogen (secondary N) is 1. The van der Waals surface area contributed by atoms with Gasteiger partial charge in [0.05, 0.1) is 16.3 Å². The number of aromatic carboxylic acids is 1. The van der Waals surface area contributed by atoms with E-state index in [1.54, 1.807) is 43.3 Å². The van der Waals surface area contributed by atoms with E-state index in [9.17, 15) is 13.2 Å². The quantitative estimate of drug-likeness (QED) is 0.638. The second-order valence-electron chi connectivity index (χ2n) is 5.48. The van der Waals surface area contributed by atoms with Gasteiger partial charge in [-0.25, -0.2) is 17.9 Å². The van der Waals surface area contributed by atoms with Crippen molar-refractivity contribution >= 4 is 37.6 Å². The van der Waals surface area contributed by atoms with E-state index in [4.69, 9.17) is 5.11 Å². The molecule has 3 aromatic rings. The first-order valence-corrected chi connectivity index (χ1v) is 9.73. The third-order valence-electron chi connectivity index (χ3n) is 3.64. The summed E-state index contributed by atoms with van der Waals surface area (Å²) in [5.74, 6) is -1.16. The summed E-state index contributed by atoms with van der Waals surface area (Å²) < 4.78 is 30.1. The number of para-hydroxylation sites is 2. The normalized spacial score (nSPS) is 11.3. The highest BCUT2D eigenvalue weighted by Gasteiger charge is 2.18. The number of carboxylic acids is 1. The lowest BCUT2D eigenvalue weighted by Crippen LogP contribution is -2.15. The zero-order chi connectivity index (χ0) is 18.9. The zero-order valence-corrected chi connectivity index (χ0v) is 16.0. The van der Waals surface area contributed by atoms with Crippen molar-refractivity contribution < 1.29 is 18.3 Å². The van der Waals surface area contributed by atoms with Gasteiger partial charge in [-0.3, -0.25) is 4.72 Å². The zero-order valence-electron chi connectivity index (χ0n) is 13.5.